The molecule has 0 radical (unpaired) electrons. The van der Waals surface area contributed by atoms with E-state index >= 15 is 0 Å². The number of aromatic nitrogens is 1. The maximum Gasteiger partial charge on any atom is 0.119 e. The first kappa shape index (κ1) is 14.1. The van der Waals surface area contributed by atoms with E-state index in [0.29, 0.717) is 6.10 Å². The van der Waals surface area contributed by atoms with Crippen molar-refractivity contribution in [3.63, 3.8) is 0 Å². The maximum absolute atomic E-state index is 5.81. The molecular weight excluding hydrogens is 260 g/mol. The Kier molecular flexibility index (Phi) is 4.20. The van der Waals surface area contributed by atoms with Crippen LogP contribution >= 0.6 is 0 Å². The van der Waals surface area contributed by atoms with Crippen LogP contribution in [0.15, 0.2) is 42.7 Å². The Hall–Kier alpha value is -1.87. The number of nitrogens with zero attached hydrogens (tertiary/aromatic N) is 1. The maximum atomic E-state index is 5.81. The van der Waals surface area contributed by atoms with Gasteiger partial charge in [-0.2, -0.15) is 0 Å². The molecule has 3 nitrogen and oxygen atoms in total. The summed E-state index contributed by atoms with van der Waals surface area (Å²) in [5, 5.41) is 3.53. The number of nitrogens with one attached hydrogen (secondary N) is 1. The van der Waals surface area contributed by atoms with Crippen molar-refractivity contribution in [1.29, 1.82) is 0 Å². The Labute approximate surface area is 126 Å². The fourth-order valence-electron chi connectivity index (χ4n) is 2.49. The lowest BCUT2D eigenvalue weighted by Crippen LogP contribution is -2.22. The highest BCUT2D eigenvalue weighted by atomic mass is 16.5. The molecule has 1 atom stereocenters. The molecule has 0 amide bonds. The topological polar surface area (TPSA) is 34.1 Å². The number of ether oxygens (including phenoxy) is 1. The second kappa shape index (κ2) is 6.27. The van der Waals surface area contributed by atoms with Gasteiger partial charge in [0, 0.05) is 12.4 Å². The molecule has 3 heteroatoms. The highest BCUT2D eigenvalue weighted by Crippen LogP contribution is 2.29. The summed E-state index contributed by atoms with van der Waals surface area (Å²) in [6.07, 6.45) is 6.66. The molecule has 2 aromatic rings. The lowest BCUT2D eigenvalue weighted by Gasteiger charge is -2.19. The van der Waals surface area contributed by atoms with Crippen LogP contribution < -0.4 is 10.1 Å². The van der Waals surface area contributed by atoms with E-state index in [0.717, 1.165) is 12.3 Å². The zero-order valence-electron chi connectivity index (χ0n) is 12.7. The first-order valence-corrected chi connectivity index (χ1v) is 7.68. The van der Waals surface area contributed by atoms with Gasteiger partial charge in [0.25, 0.3) is 0 Å². The molecule has 0 saturated heterocycles. The van der Waals surface area contributed by atoms with Crippen LogP contribution in [0.2, 0.25) is 0 Å². The number of hydrogen-bond acceptors (Lipinski definition) is 3. The van der Waals surface area contributed by atoms with E-state index < -0.39 is 0 Å². The van der Waals surface area contributed by atoms with Gasteiger partial charge in [-0.15, -0.1) is 0 Å². The van der Waals surface area contributed by atoms with Gasteiger partial charge in [0.05, 0.1) is 12.1 Å². The van der Waals surface area contributed by atoms with Crippen molar-refractivity contribution in [3.8, 4) is 5.75 Å². The zero-order chi connectivity index (χ0) is 14.7. The van der Waals surface area contributed by atoms with E-state index in [9.17, 15) is 0 Å². The molecule has 1 unspecified atom stereocenters. The number of pyridine rings is 1. The van der Waals surface area contributed by atoms with E-state index in [2.05, 4.69) is 54.5 Å². The monoisotopic (exact) mass is 282 g/mol. The molecule has 1 aliphatic carbocycles. The highest BCUT2D eigenvalue weighted by molar-refractivity contribution is 5.35. The molecule has 1 fully saturated rings. The first-order valence-electron chi connectivity index (χ1n) is 7.68. The number of benzene rings is 1. The minimum atomic E-state index is 0.178. The molecule has 1 heterocycles. The Bertz CT molecular complexity index is 590. The molecular formula is C18H22N2O. The van der Waals surface area contributed by atoms with Crippen LogP contribution in [0.25, 0.3) is 0 Å². The second-order valence-electron chi connectivity index (χ2n) is 5.67. The zero-order valence-corrected chi connectivity index (χ0v) is 12.7. The lowest BCUT2D eigenvalue weighted by molar-refractivity contribution is 0.303. The minimum Gasteiger partial charge on any atom is -0.490 e. The van der Waals surface area contributed by atoms with Crippen LogP contribution in [0.1, 0.15) is 42.5 Å². The van der Waals surface area contributed by atoms with Crippen LogP contribution in [0.3, 0.4) is 0 Å². The molecule has 21 heavy (non-hydrogen) atoms. The average molecular weight is 282 g/mol. The van der Waals surface area contributed by atoms with E-state index in [1.54, 1.807) is 0 Å². The second-order valence-corrected chi connectivity index (χ2v) is 5.67. The van der Waals surface area contributed by atoms with E-state index in [1.807, 2.05) is 12.4 Å². The standard InChI is InChI=1S/C18H22N2O/c1-3-20-18(15-10-13(2)11-19-12-15)14-4-6-16(7-5-14)21-17-8-9-17/h4-7,10-12,17-18,20H,3,8-9H2,1-2H3. The smallest absolute Gasteiger partial charge is 0.119 e. The normalized spacial score (nSPS) is 15.7. The van der Waals surface area contributed by atoms with Crippen molar-refractivity contribution in [3.05, 3.63) is 59.4 Å². The van der Waals surface area contributed by atoms with Gasteiger partial charge in [0.1, 0.15) is 5.75 Å². The number of aryl methyl sites for hydroxylation is 1. The molecule has 1 aromatic heterocycles. The van der Waals surface area contributed by atoms with Gasteiger partial charge in [-0.05, 0) is 55.1 Å². The van der Waals surface area contributed by atoms with Crippen molar-refractivity contribution >= 4 is 0 Å². The Morgan fingerprint density at radius 3 is 2.57 bits per heavy atom. The van der Waals surface area contributed by atoms with E-state index in [-0.39, 0.29) is 6.04 Å². The van der Waals surface area contributed by atoms with Crippen molar-refractivity contribution in [2.24, 2.45) is 0 Å². The van der Waals surface area contributed by atoms with E-state index in [4.69, 9.17) is 4.74 Å². The van der Waals surface area contributed by atoms with Crippen LogP contribution in [0.4, 0.5) is 0 Å². The average Bonchev–Trinajstić information content (AvgIpc) is 3.30. The van der Waals surface area contributed by atoms with Gasteiger partial charge in [0.2, 0.25) is 0 Å². The number of rotatable bonds is 6. The van der Waals surface area contributed by atoms with Crippen molar-refractivity contribution < 1.29 is 4.74 Å². The Morgan fingerprint density at radius 2 is 1.95 bits per heavy atom. The summed E-state index contributed by atoms with van der Waals surface area (Å²) in [7, 11) is 0. The predicted octanol–water partition coefficient (Wildman–Crippen LogP) is 3.63. The molecule has 1 saturated carbocycles. The summed E-state index contributed by atoms with van der Waals surface area (Å²) in [5.41, 5.74) is 3.63. The minimum absolute atomic E-state index is 0.178. The van der Waals surface area contributed by atoms with Gasteiger partial charge < -0.3 is 10.1 Å². The summed E-state index contributed by atoms with van der Waals surface area (Å²) in [4.78, 5) is 4.31. The SMILES string of the molecule is CCNC(c1ccc(OC2CC2)cc1)c1cncc(C)c1. The first-order chi connectivity index (χ1) is 10.3. The molecule has 0 spiro atoms. The number of hydrogen-bond donors (Lipinski definition) is 1. The van der Waals surface area contributed by atoms with Gasteiger partial charge >= 0.3 is 0 Å². The van der Waals surface area contributed by atoms with E-state index in [1.165, 1.54) is 29.5 Å². The summed E-state index contributed by atoms with van der Waals surface area (Å²) >= 11 is 0. The third-order valence-corrected chi connectivity index (χ3v) is 3.68. The fraction of sp³-hybridized carbons (Fsp3) is 0.389. The summed E-state index contributed by atoms with van der Waals surface area (Å²) in [5.74, 6) is 0.971. The van der Waals surface area contributed by atoms with Crippen LogP contribution in [0, 0.1) is 6.92 Å². The molecule has 0 bridgehead atoms. The Morgan fingerprint density at radius 1 is 1.19 bits per heavy atom. The van der Waals surface area contributed by atoms with Gasteiger partial charge in [-0.25, -0.2) is 0 Å². The Balaban J connectivity index is 1.82. The molecule has 1 N–H and O–H groups in total. The summed E-state index contributed by atoms with van der Waals surface area (Å²) < 4.78 is 5.81. The third kappa shape index (κ3) is 3.61. The van der Waals surface area contributed by atoms with Crippen molar-refractivity contribution in [1.82, 2.24) is 10.3 Å². The highest BCUT2D eigenvalue weighted by Gasteiger charge is 2.23. The fourth-order valence-corrected chi connectivity index (χ4v) is 2.49. The van der Waals surface area contributed by atoms with Crippen LogP contribution in [-0.4, -0.2) is 17.6 Å². The van der Waals surface area contributed by atoms with Crippen molar-refractivity contribution in [2.75, 3.05) is 6.54 Å². The summed E-state index contributed by atoms with van der Waals surface area (Å²) in [6, 6.07) is 10.8. The van der Waals surface area contributed by atoms with Gasteiger partial charge in [-0.3, -0.25) is 4.98 Å². The summed E-state index contributed by atoms with van der Waals surface area (Å²) in [6.45, 7) is 5.12. The van der Waals surface area contributed by atoms with Gasteiger partial charge in [0.15, 0.2) is 0 Å². The predicted molar refractivity (Wildman–Crippen MR) is 84.6 cm³/mol. The van der Waals surface area contributed by atoms with Crippen LogP contribution in [-0.2, 0) is 0 Å². The third-order valence-electron chi connectivity index (χ3n) is 3.68. The van der Waals surface area contributed by atoms with Crippen molar-refractivity contribution in [2.45, 2.75) is 38.8 Å². The van der Waals surface area contributed by atoms with Gasteiger partial charge in [-0.1, -0.05) is 25.1 Å². The largest absolute Gasteiger partial charge is 0.490 e. The van der Waals surface area contributed by atoms with Crippen LogP contribution in [0.5, 0.6) is 5.75 Å². The molecule has 1 aliphatic rings. The molecule has 0 aliphatic heterocycles. The molecule has 110 valence electrons. The lowest BCUT2D eigenvalue weighted by atomic mass is 9.99. The molecule has 3 rings (SSSR count). The quantitative estimate of drug-likeness (QED) is 0.878. The molecule has 1 aromatic carbocycles.